The maximum absolute atomic E-state index is 5.37. The third kappa shape index (κ3) is 7.79. The fraction of sp³-hybridized carbons (Fsp3) is 0.444. The van der Waals surface area contributed by atoms with Gasteiger partial charge in [-0.1, -0.05) is 6.07 Å². The van der Waals surface area contributed by atoms with Gasteiger partial charge in [0.05, 0.1) is 0 Å². The Balaban J connectivity index is 0. The van der Waals surface area contributed by atoms with Gasteiger partial charge < -0.3 is 5.73 Å². The van der Waals surface area contributed by atoms with Crippen LogP contribution >= 0.6 is 45.7 Å². The molecule has 1 rings (SSSR count). The third-order valence-corrected chi connectivity index (χ3v) is 2.51. The topological polar surface area (TPSA) is 38.9 Å². The molecule has 2 nitrogen and oxygen atoms in total. The van der Waals surface area contributed by atoms with E-state index < -0.39 is 0 Å². The van der Waals surface area contributed by atoms with E-state index in [0.717, 1.165) is 24.5 Å². The van der Waals surface area contributed by atoms with Gasteiger partial charge in [-0.2, -0.15) is 11.8 Å². The molecule has 0 saturated carbocycles. The molecule has 5 heteroatoms. The molecule has 82 valence electrons. The van der Waals surface area contributed by atoms with Crippen LogP contribution in [0.5, 0.6) is 0 Å². The Morgan fingerprint density at radius 1 is 1.21 bits per heavy atom. The molecule has 0 unspecified atom stereocenters. The number of hydrogen-bond acceptors (Lipinski definition) is 3. The number of nitrogens with zero attached hydrogens (tertiary/aromatic N) is 1. The Hall–Kier alpha value is 0.420. The molecule has 0 aliphatic carbocycles. The van der Waals surface area contributed by atoms with Crippen LogP contribution in [0, 0.1) is 0 Å². The molecule has 1 heterocycles. The van der Waals surface area contributed by atoms with Crippen molar-refractivity contribution < 1.29 is 0 Å². The van der Waals surface area contributed by atoms with E-state index in [-0.39, 0.29) is 34.0 Å². The minimum atomic E-state index is 0. The lowest BCUT2D eigenvalue weighted by atomic mass is 10.3. The van der Waals surface area contributed by atoms with Crippen LogP contribution in [-0.2, 0) is 6.42 Å². The highest BCUT2D eigenvalue weighted by Crippen LogP contribution is 2.03. The summed E-state index contributed by atoms with van der Waals surface area (Å²) in [5.74, 6) is 2.17. The van der Waals surface area contributed by atoms with Crippen molar-refractivity contribution in [3.05, 3.63) is 30.1 Å². The smallest absolute Gasteiger partial charge is 0.0411 e. The van der Waals surface area contributed by atoms with Gasteiger partial charge in [0.2, 0.25) is 0 Å². The molecule has 0 aromatic carbocycles. The van der Waals surface area contributed by atoms with E-state index in [1.165, 1.54) is 5.69 Å². The maximum atomic E-state index is 5.37. The van der Waals surface area contributed by atoms with Crippen molar-refractivity contribution in [2.24, 2.45) is 5.73 Å². The Morgan fingerprint density at radius 3 is 2.57 bits per heavy atom. The minimum absolute atomic E-state index is 0. The first-order valence-corrected chi connectivity index (χ1v) is 5.26. The lowest BCUT2D eigenvalue weighted by molar-refractivity contribution is 1.04. The van der Waals surface area contributed by atoms with E-state index in [1.54, 1.807) is 0 Å². The van der Waals surface area contributed by atoms with Crippen molar-refractivity contribution in [3.63, 3.8) is 0 Å². The number of thioether (sulfide) groups is 1. The van der Waals surface area contributed by atoms with Crippen LogP contribution in [0.4, 0.5) is 0 Å². The van der Waals surface area contributed by atoms with Crippen molar-refractivity contribution in [2.45, 2.75) is 6.42 Å². The average Bonchev–Trinajstić information content (AvgIpc) is 2.14. The SMILES string of the molecule is Br.Br.NCCSCCc1ccccn1. The zero-order valence-electron chi connectivity index (χ0n) is 7.89. The zero-order valence-corrected chi connectivity index (χ0v) is 12.1. The summed E-state index contributed by atoms with van der Waals surface area (Å²) in [6.07, 6.45) is 2.88. The first kappa shape index (κ1) is 16.8. The van der Waals surface area contributed by atoms with Gasteiger partial charge in [0, 0.05) is 24.2 Å². The molecule has 14 heavy (non-hydrogen) atoms. The number of pyridine rings is 1. The van der Waals surface area contributed by atoms with Gasteiger partial charge in [-0.25, -0.2) is 0 Å². The van der Waals surface area contributed by atoms with Crippen molar-refractivity contribution in [1.29, 1.82) is 0 Å². The zero-order chi connectivity index (χ0) is 8.65. The van der Waals surface area contributed by atoms with Crippen LogP contribution < -0.4 is 5.73 Å². The summed E-state index contributed by atoms with van der Waals surface area (Å²) in [5, 5.41) is 0. The predicted octanol–water partition coefficient (Wildman–Crippen LogP) is 2.47. The largest absolute Gasteiger partial charge is 0.330 e. The molecule has 0 saturated heterocycles. The van der Waals surface area contributed by atoms with Gasteiger partial charge in [0.1, 0.15) is 0 Å². The van der Waals surface area contributed by atoms with E-state index in [9.17, 15) is 0 Å². The van der Waals surface area contributed by atoms with Crippen LogP contribution in [0.15, 0.2) is 24.4 Å². The monoisotopic (exact) mass is 342 g/mol. The van der Waals surface area contributed by atoms with Gasteiger partial charge >= 0.3 is 0 Å². The maximum Gasteiger partial charge on any atom is 0.0411 e. The Morgan fingerprint density at radius 2 is 2.00 bits per heavy atom. The lowest BCUT2D eigenvalue weighted by Gasteiger charge is -1.98. The summed E-state index contributed by atoms with van der Waals surface area (Å²) in [6.45, 7) is 0.771. The van der Waals surface area contributed by atoms with E-state index in [2.05, 4.69) is 11.1 Å². The molecule has 1 aromatic heterocycles. The van der Waals surface area contributed by atoms with Gasteiger partial charge in [-0.3, -0.25) is 4.98 Å². The number of aromatic nitrogens is 1. The van der Waals surface area contributed by atoms with Crippen LogP contribution in [0.3, 0.4) is 0 Å². The molecule has 0 aliphatic heterocycles. The lowest BCUT2D eigenvalue weighted by Crippen LogP contribution is -2.02. The van der Waals surface area contributed by atoms with Gasteiger partial charge in [0.25, 0.3) is 0 Å². The summed E-state index contributed by atoms with van der Waals surface area (Å²) < 4.78 is 0. The standard InChI is InChI=1S/C9H14N2S.2BrH/c10-5-8-12-7-4-9-3-1-2-6-11-9;;/h1-3,6H,4-5,7-8,10H2;2*1H. The Labute approximate surface area is 111 Å². The van der Waals surface area contributed by atoms with Crippen molar-refractivity contribution in [1.82, 2.24) is 4.98 Å². The van der Waals surface area contributed by atoms with Crippen molar-refractivity contribution in [3.8, 4) is 0 Å². The summed E-state index contributed by atoms with van der Waals surface area (Å²) in [6, 6.07) is 6.02. The fourth-order valence-corrected chi connectivity index (χ4v) is 1.63. The fourth-order valence-electron chi connectivity index (χ4n) is 0.908. The highest BCUT2D eigenvalue weighted by atomic mass is 79.9. The third-order valence-electron chi connectivity index (χ3n) is 1.49. The van der Waals surface area contributed by atoms with Crippen molar-refractivity contribution in [2.75, 3.05) is 18.1 Å². The number of nitrogens with two attached hydrogens (primary N) is 1. The second-order valence-electron chi connectivity index (χ2n) is 2.47. The molecule has 0 amide bonds. The average molecular weight is 344 g/mol. The molecule has 0 aliphatic rings. The van der Waals surface area contributed by atoms with Crippen molar-refractivity contribution >= 4 is 45.7 Å². The summed E-state index contributed by atoms with van der Waals surface area (Å²) in [5.41, 5.74) is 6.54. The quantitative estimate of drug-likeness (QED) is 0.835. The molecular formula is C9H16Br2N2S. The molecule has 2 N–H and O–H groups in total. The van der Waals surface area contributed by atoms with Crippen LogP contribution in [0.25, 0.3) is 0 Å². The van der Waals surface area contributed by atoms with Crippen LogP contribution in [0.2, 0.25) is 0 Å². The van der Waals surface area contributed by atoms with E-state index in [4.69, 9.17) is 5.73 Å². The molecular weight excluding hydrogens is 328 g/mol. The number of rotatable bonds is 5. The molecule has 0 fully saturated rings. The second kappa shape index (κ2) is 11.5. The molecule has 1 aromatic rings. The summed E-state index contributed by atoms with van der Waals surface area (Å²) in [7, 11) is 0. The van der Waals surface area contributed by atoms with Crippen LogP contribution in [-0.4, -0.2) is 23.0 Å². The number of aryl methyl sites for hydroxylation is 1. The normalized spacial score (nSPS) is 8.64. The first-order valence-electron chi connectivity index (χ1n) is 4.11. The summed E-state index contributed by atoms with van der Waals surface area (Å²) in [4.78, 5) is 4.23. The molecule has 0 bridgehead atoms. The molecule has 0 spiro atoms. The Bertz CT molecular complexity index is 209. The highest BCUT2D eigenvalue weighted by Gasteiger charge is 1.92. The molecule has 0 radical (unpaired) electrons. The second-order valence-corrected chi connectivity index (χ2v) is 3.70. The predicted molar refractivity (Wildman–Crippen MR) is 75.0 cm³/mol. The van der Waals surface area contributed by atoms with Crippen LogP contribution in [0.1, 0.15) is 5.69 Å². The van der Waals surface area contributed by atoms with Gasteiger partial charge in [-0.05, 0) is 24.3 Å². The highest BCUT2D eigenvalue weighted by molar-refractivity contribution is 8.93. The minimum Gasteiger partial charge on any atom is -0.330 e. The molecule has 0 atom stereocenters. The Kier molecular flexibility index (Phi) is 13.8. The number of hydrogen-bond donors (Lipinski definition) is 1. The first-order chi connectivity index (χ1) is 5.93. The van der Waals surface area contributed by atoms with Gasteiger partial charge in [-0.15, -0.1) is 34.0 Å². The summed E-state index contributed by atoms with van der Waals surface area (Å²) >= 11 is 1.88. The van der Waals surface area contributed by atoms with E-state index >= 15 is 0 Å². The van der Waals surface area contributed by atoms with Gasteiger partial charge in [0.15, 0.2) is 0 Å². The van der Waals surface area contributed by atoms with E-state index in [1.807, 2.05) is 30.1 Å². The number of halogens is 2. The van der Waals surface area contributed by atoms with E-state index in [0.29, 0.717) is 0 Å².